The Balaban J connectivity index is 1.58. The Morgan fingerprint density at radius 2 is 1.69 bits per heavy atom. The molecule has 0 bridgehead atoms. The van der Waals surface area contributed by atoms with Gasteiger partial charge in [-0.2, -0.15) is 5.26 Å². The van der Waals surface area contributed by atoms with Crippen LogP contribution in [0.5, 0.6) is 0 Å². The first-order chi connectivity index (χ1) is 13.9. The van der Waals surface area contributed by atoms with Gasteiger partial charge in [0.1, 0.15) is 11.9 Å². The zero-order chi connectivity index (χ0) is 20.9. The molecule has 29 heavy (non-hydrogen) atoms. The van der Waals surface area contributed by atoms with Gasteiger partial charge in [0.25, 0.3) is 5.92 Å². The first kappa shape index (κ1) is 21.2. The monoisotopic (exact) mass is 397 g/mol. The van der Waals surface area contributed by atoms with Gasteiger partial charge in [-0.05, 0) is 73.3 Å². The van der Waals surface area contributed by atoms with E-state index >= 15 is 0 Å². The molecule has 3 rings (SSSR count). The molecule has 2 aromatic rings. The third kappa shape index (κ3) is 5.29. The maximum Gasteiger partial charge on any atom is 0.254 e. The van der Waals surface area contributed by atoms with Crippen molar-refractivity contribution in [1.29, 1.82) is 5.26 Å². The van der Waals surface area contributed by atoms with E-state index < -0.39 is 24.1 Å². The lowest BCUT2D eigenvalue weighted by Crippen LogP contribution is -2.33. The maximum absolute atomic E-state index is 14.8. The van der Waals surface area contributed by atoms with E-state index in [1.54, 1.807) is 6.07 Å². The van der Waals surface area contributed by atoms with Crippen molar-refractivity contribution in [2.45, 2.75) is 56.8 Å². The molecule has 0 aliphatic heterocycles. The molecular formula is C25H26F3N. The molecule has 1 aliphatic carbocycles. The molecule has 0 unspecified atom stereocenters. The second-order valence-corrected chi connectivity index (χ2v) is 7.98. The van der Waals surface area contributed by atoms with Gasteiger partial charge in [-0.15, -0.1) is 6.58 Å². The van der Waals surface area contributed by atoms with Crippen molar-refractivity contribution in [1.82, 2.24) is 0 Å². The van der Waals surface area contributed by atoms with Crippen molar-refractivity contribution in [3.8, 4) is 6.07 Å². The van der Waals surface area contributed by atoms with Crippen LogP contribution >= 0.6 is 0 Å². The number of nitrogens with zero attached hydrogens (tertiary/aromatic N) is 1. The smallest absolute Gasteiger partial charge is 0.206 e. The minimum atomic E-state index is -2.87. The van der Waals surface area contributed by atoms with Gasteiger partial charge in [0.15, 0.2) is 0 Å². The van der Waals surface area contributed by atoms with Gasteiger partial charge < -0.3 is 0 Å². The van der Waals surface area contributed by atoms with Gasteiger partial charge in [0, 0.05) is 12.3 Å². The number of benzene rings is 2. The highest BCUT2D eigenvalue weighted by atomic mass is 19.3. The first-order valence-corrected chi connectivity index (χ1v) is 10.2. The summed E-state index contributed by atoms with van der Waals surface area (Å²) in [5.74, 6) is -3.98. The van der Waals surface area contributed by atoms with E-state index in [2.05, 4.69) is 30.8 Å². The Labute approximate surface area is 170 Å². The molecule has 4 heteroatoms. The van der Waals surface area contributed by atoms with Crippen LogP contribution in [-0.2, 0) is 12.8 Å². The summed E-state index contributed by atoms with van der Waals surface area (Å²) in [6.07, 6.45) is 5.76. The molecule has 0 radical (unpaired) electrons. The lowest BCUT2D eigenvalue weighted by Gasteiger charge is -2.34. The summed E-state index contributed by atoms with van der Waals surface area (Å²) < 4.78 is 43.4. The van der Waals surface area contributed by atoms with E-state index in [0.29, 0.717) is 18.8 Å². The molecule has 0 amide bonds. The number of nitriles is 1. The average Bonchev–Trinajstić information content (AvgIpc) is 2.72. The second kappa shape index (κ2) is 9.31. The summed E-state index contributed by atoms with van der Waals surface area (Å²) in [7, 11) is 0. The second-order valence-electron chi connectivity index (χ2n) is 7.98. The van der Waals surface area contributed by atoms with Gasteiger partial charge in [-0.1, -0.05) is 36.4 Å². The molecule has 2 aromatic carbocycles. The SMILES string of the molecule is C=CCCc1ccc(C2CCC(C(F)(F)Cc3ccc(C#N)c(F)c3)CC2)cc1. The number of alkyl halides is 2. The van der Waals surface area contributed by atoms with Gasteiger partial charge in [-0.3, -0.25) is 0 Å². The Hall–Kier alpha value is -2.54. The van der Waals surface area contributed by atoms with Crippen LogP contribution in [0, 0.1) is 23.1 Å². The Morgan fingerprint density at radius 1 is 1.03 bits per heavy atom. The lowest BCUT2D eigenvalue weighted by molar-refractivity contribution is -0.0715. The molecule has 0 aromatic heterocycles. The van der Waals surface area contributed by atoms with Gasteiger partial charge in [0.2, 0.25) is 0 Å². The Bertz CT molecular complexity index is 872. The number of hydrogen-bond donors (Lipinski definition) is 0. The van der Waals surface area contributed by atoms with E-state index in [0.717, 1.165) is 31.7 Å². The topological polar surface area (TPSA) is 23.8 Å². The molecular weight excluding hydrogens is 371 g/mol. The highest BCUT2D eigenvalue weighted by molar-refractivity contribution is 5.34. The molecule has 1 saturated carbocycles. The molecule has 1 fully saturated rings. The largest absolute Gasteiger partial charge is 0.254 e. The van der Waals surface area contributed by atoms with Crippen LogP contribution in [-0.4, -0.2) is 5.92 Å². The van der Waals surface area contributed by atoms with Crippen molar-refractivity contribution < 1.29 is 13.2 Å². The third-order valence-corrected chi connectivity index (χ3v) is 6.01. The van der Waals surface area contributed by atoms with E-state index in [9.17, 15) is 13.2 Å². The van der Waals surface area contributed by atoms with Crippen molar-refractivity contribution in [2.24, 2.45) is 5.92 Å². The number of halogens is 3. The van der Waals surface area contributed by atoms with Gasteiger partial charge in [0.05, 0.1) is 5.56 Å². The summed E-state index contributed by atoms with van der Waals surface area (Å²) in [4.78, 5) is 0. The Morgan fingerprint density at radius 3 is 2.28 bits per heavy atom. The first-order valence-electron chi connectivity index (χ1n) is 10.2. The van der Waals surface area contributed by atoms with Crippen molar-refractivity contribution in [2.75, 3.05) is 0 Å². The molecule has 152 valence electrons. The molecule has 0 saturated heterocycles. The molecule has 1 nitrogen and oxygen atoms in total. The fourth-order valence-electron chi connectivity index (χ4n) is 4.25. The summed E-state index contributed by atoms with van der Waals surface area (Å²) >= 11 is 0. The summed E-state index contributed by atoms with van der Waals surface area (Å²) in [5, 5.41) is 8.78. The summed E-state index contributed by atoms with van der Waals surface area (Å²) in [6, 6.07) is 14.0. The summed E-state index contributed by atoms with van der Waals surface area (Å²) in [5.41, 5.74) is 2.61. The fraction of sp³-hybridized carbons (Fsp3) is 0.400. The standard InChI is InChI=1S/C25H26F3N/c1-2-3-4-18-5-8-20(9-6-18)21-11-13-23(14-12-21)25(27,28)16-19-7-10-22(17-29)24(26)15-19/h2,5-10,15,21,23H,1,3-4,11-14,16H2. The minimum Gasteiger partial charge on any atom is -0.206 e. The van der Waals surface area contributed by atoms with Crippen LogP contribution in [0.25, 0.3) is 0 Å². The van der Waals surface area contributed by atoms with Crippen molar-refractivity contribution in [3.05, 3.63) is 83.2 Å². The highest BCUT2D eigenvalue weighted by Crippen LogP contribution is 2.43. The molecule has 0 spiro atoms. The van der Waals surface area contributed by atoms with E-state index in [1.807, 2.05) is 6.08 Å². The van der Waals surface area contributed by atoms with E-state index in [1.165, 1.54) is 23.3 Å². The third-order valence-electron chi connectivity index (χ3n) is 6.01. The quantitative estimate of drug-likeness (QED) is 0.463. The van der Waals surface area contributed by atoms with E-state index in [-0.39, 0.29) is 11.1 Å². The number of allylic oxidation sites excluding steroid dienone is 1. The number of rotatable bonds is 7. The van der Waals surface area contributed by atoms with Crippen LogP contribution in [0.3, 0.4) is 0 Å². The van der Waals surface area contributed by atoms with Crippen molar-refractivity contribution in [3.63, 3.8) is 0 Å². The van der Waals surface area contributed by atoms with Gasteiger partial charge >= 0.3 is 0 Å². The maximum atomic E-state index is 14.8. The summed E-state index contributed by atoms with van der Waals surface area (Å²) in [6.45, 7) is 3.74. The fourth-order valence-corrected chi connectivity index (χ4v) is 4.25. The molecule has 1 aliphatic rings. The lowest BCUT2D eigenvalue weighted by atomic mass is 9.75. The minimum absolute atomic E-state index is 0.118. The van der Waals surface area contributed by atoms with E-state index in [4.69, 9.17) is 5.26 Å². The van der Waals surface area contributed by atoms with Crippen LogP contribution in [0.4, 0.5) is 13.2 Å². The zero-order valence-corrected chi connectivity index (χ0v) is 16.5. The predicted octanol–water partition coefficient (Wildman–Crippen LogP) is 6.97. The normalized spacial score (nSPS) is 19.5. The van der Waals surface area contributed by atoms with Crippen LogP contribution in [0.15, 0.2) is 55.1 Å². The van der Waals surface area contributed by atoms with Gasteiger partial charge in [-0.25, -0.2) is 13.2 Å². The molecule has 0 atom stereocenters. The van der Waals surface area contributed by atoms with Crippen LogP contribution in [0.1, 0.15) is 60.3 Å². The molecule has 0 N–H and O–H groups in total. The zero-order valence-electron chi connectivity index (χ0n) is 16.5. The average molecular weight is 397 g/mol. The number of hydrogen-bond acceptors (Lipinski definition) is 1. The predicted molar refractivity (Wildman–Crippen MR) is 109 cm³/mol. The van der Waals surface area contributed by atoms with Crippen molar-refractivity contribution >= 4 is 0 Å². The van der Waals surface area contributed by atoms with Crippen LogP contribution in [0.2, 0.25) is 0 Å². The highest BCUT2D eigenvalue weighted by Gasteiger charge is 2.41. The Kier molecular flexibility index (Phi) is 6.79. The molecule has 0 heterocycles. The number of aryl methyl sites for hydroxylation is 1. The van der Waals surface area contributed by atoms with Crippen LogP contribution < -0.4 is 0 Å².